The molecular weight excluding hydrogens is 282 g/mol. The lowest BCUT2D eigenvalue weighted by molar-refractivity contribution is -0.137. The number of hydrogen-bond donors (Lipinski definition) is 0. The molecule has 1 aromatic rings. The van der Waals surface area contributed by atoms with Crippen molar-refractivity contribution in [3.05, 3.63) is 16.9 Å². The minimum atomic E-state index is -0.221. The van der Waals surface area contributed by atoms with Gasteiger partial charge in [0, 0.05) is 18.8 Å². The van der Waals surface area contributed by atoms with E-state index in [1.807, 2.05) is 18.0 Å². The van der Waals surface area contributed by atoms with E-state index in [1.165, 1.54) is 6.42 Å². The summed E-state index contributed by atoms with van der Waals surface area (Å²) in [5.74, 6) is 0.174. The molecule has 0 radical (unpaired) electrons. The highest BCUT2D eigenvalue weighted by Crippen LogP contribution is 2.21. The number of hydrogen-bond acceptors (Lipinski definition) is 2. The fraction of sp³-hybridized carbons (Fsp3) is 0.667. The van der Waals surface area contributed by atoms with Crippen LogP contribution in [0.25, 0.3) is 0 Å². The van der Waals surface area contributed by atoms with Gasteiger partial charge < -0.3 is 4.90 Å². The molecule has 0 unspecified atom stereocenters. The highest BCUT2D eigenvalue weighted by Gasteiger charge is 2.28. The summed E-state index contributed by atoms with van der Waals surface area (Å²) < 4.78 is 2.62. The van der Waals surface area contributed by atoms with Gasteiger partial charge in [-0.1, -0.05) is 0 Å². The predicted octanol–water partition coefficient (Wildman–Crippen LogP) is 2.61. The van der Waals surface area contributed by atoms with Crippen LogP contribution in [0.15, 0.2) is 16.9 Å². The number of carbonyl (C=O) groups excluding carboxylic acids is 1. The molecule has 1 amide bonds. The van der Waals surface area contributed by atoms with Crippen molar-refractivity contribution in [2.24, 2.45) is 0 Å². The smallest absolute Gasteiger partial charge is 0.247 e. The van der Waals surface area contributed by atoms with Crippen LogP contribution in [0.2, 0.25) is 0 Å². The molecule has 2 atom stereocenters. The van der Waals surface area contributed by atoms with Gasteiger partial charge in [-0.2, -0.15) is 5.10 Å². The van der Waals surface area contributed by atoms with Crippen LogP contribution in [0.4, 0.5) is 0 Å². The molecule has 1 aromatic heterocycles. The SMILES string of the molecule is C[C@H](C(=O)N1CCCC[C@@H]1C)n1cc(Br)cn1. The molecule has 0 N–H and O–H groups in total. The second-order valence-corrected chi connectivity index (χ2v) is 5.61. The van der Waals surface area contributed by atoms with Gasteiger partial charge in [-0.15, -0.1) is 0 Å². The number of rotatable bonds is 2. The Morgan fingerprint density at radius 3 is 2.94 bits per heavy atom. The Balaban J connectivity index is 2.08. The van der Waals surface area contributed by atoms with Crippen molar-refractivity contribution >= 4 is 21.8 Å². The van der Waals surface area contributed by atoms with Crippen LogP contribution < -0.4 is 0 Å². The van der Waals surface area contributed by atoms with Gasteiger partial charge in [0.05, 0.1) is 10.7 Å². The van der Waals surface area contributed by atoms with E-state index in [0.717, 1.165) is 23.9 Å². The standard InChI is InChI=1S/C12H18BrN3O/c1-9-5-3-4-6-15(9)12(17)10(2)16-8-11(13)7-14-16/h7-10H,3-6H2,1-2H3/t9-,10+/m0/s1. The molecular formula is C12H18BrN3O. The van der Waals surface area contributed by atoms with Crippen molar-refractivity contribution in [2.75, 3.05) is 6.54 Å². The first-order chi connectivity index (χ1) is 8.09. The third-order valence-corrected chi connectivity index (χ3v) is 3.82. The summed E-state index contributed by atoms with van der Waals surface area (Å²) >= 11 is 3.35. The number of piperidine rings is 1. The number of likely N-dealkylation sites (tertiary alicyclic amines) is 1. The van der Waals surface area contributed by atoms with Gasteiger partial charge in [0.15, 0.2) is 0 Å². The highest BCUT2D eigenvalue weighted by atomic mass is 79.9. The highest BCUT2D eigenvalue weighted by molar-refractivity contribution is 9.10. The Hall–Kier alpha value is -0.840. The van der Waals surface area contributed by atoms with E-state index in [1.54, 1.807) is 10.9 Å². The fourth-order valence-electron chi connectivity index (χ4n) is 2.31. The lowest BCUT2D eigenvalue weighted by atomic mass is 10.0. The third kappa shape index (κ3) is 2.70. The third-order valence-electron chi connectivity index (χ3n) is 3.41. The van der Waals surface area contributed by atoms with Crippen LogP contribution in [-0.2, 0) is 4.79 Å². The molecule has 1 aliphatic heterocycles. The Labute approximate surface area is 110 Å². The summed E-state index contributed by atoms with van der Waals surface area (Å²) in [5.41, 5.74) is 0. The van der Waals surface area contributed by atoms with E-state index >= 15 is 0 Å². The molecule has 94 valence electrons. The molecule has 17 heavy (non-hydrogen) atoms. The monoisotopic (exact) mass is 299 g/mol. The second kappa shape index (κ2) is 5.21. The maximum Gasteiger partial charge on any atom is 0.247 e. The minimum absolute atomic E-state index is 0.174. The second-order valence-electron chi connectivity index (χ2n) is 4.69. The molecule has 0 spiro atoms. The van der Waals surface area contributed by atoms with Crippen molar-refractivity contribution in [1.29, 1.82) is 0 Å². The van der Waals surface area contributed by atoms with Crippen LogP contribution in [0.3, 0.4) is 0 Å². The largest absolute Gasteiger partial charge is 0.338 e. The average molecular weight is 300 g/mol. The maximum atomic E-state index is 12.4. The summed E-state index contributed by atoms with van der Waals surface area (Å²) in [5, 5.41) is 4.18. The zero-order valence-electron chi connectivity index (χ0n) is 10.3. The molecule has 0 bridgehead atoms. The number of amides is 1. The summed E-state index contributed by atoms with van der Waals surface area (Å²) in [4.78, 5) is 14.4. The summed E-state index contributed by atoms with van der Waals surface area (Å²) in [7, 11) is 0. The van der Waals surface area contributed by atoms with Crippen molar-refractivity contribution in [3.8, 4) is 0 Å². The summed E-state index contributed by atoms with van der Waals surface area (Å²) in [6.45, 7) is 4.92. The molecule has 1 saturated heterocycles. The summed E-state index contributed by atoms with van der Waals surface area (Å²) in [6, 6.07) is 0.138. The number of carbonyl (C=O) groups is 1. The zero-order valence-corrected chi connectivity index (χ0v) is 11.9. The Morgan fingerprint density at radius 1 is 1.59 bits per heavy atom. The minimum Gasteiger partial charge on any atom is -0.338 e. The molecule has 0 aromatic carbocycles. The van der Waals surface area contributed by atoms with Crippen LogP contribution in [0.5, 0.6) is 0 Å². The Bertz CT molecular complexity index is 404. The van der Waals surface area contributed by atoms with Gasteiger partial charge in [-0.05, 0) is 49.0 Å². The Kier molecular flexibility index (Phi) is 3.86. The van der Waals surface area contributed by atoms with E-state index in [4.69, 9.17) is 0 Å². The van der Waals surface area contributed by atoms with Crippen LogP contribution in [0.1, 0.15) is 39.2 Å². The molecule has 1 aliphatic rings. The zero-order chi connectivity index (χ0) is 12.4. The van der Waals surface area contributed by atoms with Gasteiger partial charge in [-0.3, -0.25) is 9.48 Å². The topological polar surface area (TPSA) is 38.1 Å². The van der Waals surface area contributed by atoms with Gasteiger partial charge in [-0.25, -0.2) is 0 Å². The van der Waals surface area contributed by atoms with E-state index in [2.05, 4.69) is 28.0 Å². The number of nitrogens with zero attached hydrogens (tertiary/aromatic N) is 3. The number of aromatic nitrogens is 2. The van der Waals surface area contributed by atoms with E-state index in [9.17, 15) is 4.79 Å². The van der Waals surface area contributed by atoms with Crippen LogP contribution >= 0.6 is 15.9 Å². The average Bonchev–Trinajstić information content (AvgIpc) is 2.75. The lowest BCUT2D eigenvalue weighted by Crippen LogP contribution is -2.45. The van der Waals surface area contributed by atoms with Gasteiger partial charge >= 0.3 is 0 Å². The molecule has 1 fully saturated rings. The van der Waals surface area contributed by atoms with Gasteiger partial charge in [0.2, 0.25) is 5.91 Å². The Morgan fingerprint density at radius 2 is 2.35 bits per heavy atom. The van der Waals surface area contributed by atoms with Crippen LogP contribution in [-0.4, -0.2) is 33.2 Å². The van der Waals surface area contributed by atoms with Crippen molar-refractivity contribution < 1.29 is 4.79 Å². The summed E-state index contributed by atoms with van der Waals surface area (Å²) in [6.07, 6.45) is 7.01. The first-order valence-corrected chi connectivity index (χ1v) is 6.89. The molecule has 2 rings (SSSR count). The van der Waals surface area contributed by atoms with Crippen molar-refractivity contribution in [3.63, 3.8) is 0 Å². The lowest BCUT2D eigenvalue weighted by Gasteiger charge is -2.35. The maximum absolute atomic E-state index is 12.4. The van der Waals surface area contributed by atoms with E-state index in [0.29, 0.717) is 6.04 Å². The molecule has 0 aliphatic carbocycles. The molecule has 4 nitrogen and oxygen atoms in total. The van der Waals surface area contributed by atoms with Gasteiger partial charge in [0.25, 0.3) is 0 Å². The van der Waals surface area contributed by atoms with Gasteiger partial charge in [0.1, 0.15) is 6.04 Å². The van der Waals surface area contributed by atoms with E-state index < -0.39 is 0 Å². The van der Waals surface area contributed by atoms with Crippen molar-refractivity contribution in [1.82, 2.24) is 14.7 Å². The first-order valence-electron chi connectivity index (χ1n) is 6.09. The first kappa shape index (κ1) is 12.6. The molecule has 5 heteroatoms. The van der Waals surface area contributed by atoms with Crippen LogP contribution in [0, 0.1) is 0 Å². The molecule has 2 heterocycles. The normalized spacial score (nSPS) is 22.5. The van der Waals surface area contributed by atoms with Crippen molar-refractivity contribution in [2.45, 2.75) is 45.2 Å². The fourth-order valence-corrected chi connectivity index (χ4v) is 2.61. The number of halogens is 1. The quantitative estimate of drug-likeness (QED) is 0.842. The molecule has 0 saturated carbocycles. The predicted molar refractivity (Wildman–Crippen MR) is 69.7 cm³/mol. The van der Waals surface area contributed by atoms with E-state index in [-0.39, 0.29) is 11.9 Å².